The second-order valence-electron chi connectivity index (χ2n) is 6.32. The largest absolute Gasteiger partial charge is 0.335 e. The first-order chi connectivity index (χ1) is 11.6. The monoisotopic (exact) mass is 327 g/mol. The highest BCUT2D eigenvalue weighted by Crippen LogP contribution is 2.24. The van der Waals surface area contributed by atoms with Gasteiger partial charge in [-0.15, -0.1) is 0 Å². The van der Waals surface area contributed by atoms with E-state index in [1.807, 2.05) is 19.1 Å². The van der Waals surface area contributed by atoms with Crippen molar-refractivity contribution in [2.45, 2.75) is 45.1 Å². The molecule has 1 heterocycles. The number of aryl methyl sites for hydroxylation is 1. The van der Waals surface area contributed by atoms with E-state index in [2.05, 4.69) is 10.3 Å². The van der Waals surface area contributed by atoms with Gasteiger partial charge in [0.05, 0.1) is 5.69 Å². The van der Waals surface area contributed by atoms with Crippen molar-refractivity contribution in [1.29, 1.82) is 0 Å². The zero-order valence-corrected chi connectivity index (χ0v) is 13.7. The van der Waals surface area contributed by atoms with Crippen LogP contribution in [0.15, 0.2) is 29.3 Å². The number of rotatable bonds is 3. The zero-order valence-electron chi connectivity index (χ0n) is 13.7. The van der Waals surface area contributed by atoms with Crippen LogP contribution in [0.5, 0.6) is 0 Å². The van der Waals surface area contributed by atoms with Gasteiger partial charge in [-0.25, -0.2) is 9.69 Å². The first-order valence-corrected chi connectivity index (χ1v) is 8.35. The number of hydrogen-bond acceptors (Lipinski definition) is 4. The van der Waals surface area contributed by atoms with Gasteiger partial charge in [-0.05, 0) is 31.4 Å². The molecule has 0 spiro atoms. The number of carbonyl (C=O) groups is 3. The Morgan fingerprint density at radius 1 is 1.12 bits per heavy atom. The molecule has 1 aromatic carbocycles. The van der Waals surface area contributed by atoms with E-state index in [1.54, 1.807) is 12.1 Å². The lowest BCUT2D eigenvalue weighted by atomic mass is 9.96. The number of hydrogen-bond donors (Lipinski definition) is 1. The lowest BCUT2D eigenvalue weighted by Gasteiger charge is -2.29. The molecule has 1 atom stereocenters. The highest BCUT2D eigenvalue weighted by atomic mass is 16.2. The van der Waals surface area contributed by atoms with Gasteiger partial charge in [0.25, 0.3) is 5.91 Å². The molecule has 1 saturated heterocycles. The standard InChI is InChI=1S/C18H21N3O3/c1-12-7-5-6-10-15(12)21-17(23)14(16(22)20-18(21)24)11-19-13-8-3-2-4-9-13/h5-7,10-11,13-14H,2-4,8-9H2,1H3,(H,20,22,24)/t14-/m1/s1. The molecule has 0 aromatic heterocycles. The molecule has 3 rings (SSSR count). The maximum Gasteiger partial charge on any atom is 0.335 e. The van der Waals surface area contributed by atoms with Crippen LogP contribution >= 0.6 is 0 Å². The summed E-state index contributed by atoms with van der Waals surface area (Å²) in [6, 6.07) is 6.56. The molecule has 2 fully saturated rings. The van der Waals surface area contributed by atoms with Crippen LogP contribution in [0.3, 0.4) is 0 Å². The van der Waals surface area contributed by atoms with Gasteiger partial charge in [0.15, 0.2) is 5.92 Å². The molecule has 1 N–H and O–H groups in total. The summed E-state index contributed by atoms with van der Waals surface area (Å²) in [5, 5.41) is 2.26. The van der Waals surface area contributed by atoms with Gasteiger partial charge in [0.2, 0.25) is 5.91 Å². The summed E-state index contributed by atoms with van der Waals surface area (Å²) in [4.78, 5) is 42.4. The number of nitrogens with one attached hydrogen (secondary N) is 1. The topological polar surface area (TPSA) is 78.8 Å². The molecule has 1 aromatic rings. The quantitative estimate of drug-likeness (QED) is 0.684. The Bertz CT molecular complexity index is 693. The Kier molecular flexibility index (Phi) is 4.74. The third-order valence-corrected chi connectivity index (χ3v) is 4.58. The van der Waals surface area contributed by atoms with Gasteiger partial charge >= 0.3 is 6.03 Å². The molecule has 0 radical (unpaired) electrons. The van der Waals surface area contributed by atoms with Crippen LogP contribution in [-0.4, -0.2) is 30.1 Å². The van der Waals surface area contributed by atoms with Crippen molar-refractivity contribution < 1.29 is 14.4 Å². The number of amides is 4. The predicted octanol–water partition coefficient (Wildman–Crippen LogP) is 2.60. The molecule has 0 unspecified atom stereocenters. The van der Waals surface area contributed by atoms with Crippen LogP contribution < -0.4 is 10.2 Å². The van der Waals surface area contributed by atoms with Gasteiger partial charge in [-0.2, -0.15) is 0 Å². The molecular formula is C18H21N3O3. The van der Waals surface area contributed by atoms with Crippen LogP contribution in [0.1, 0.15) is 37.7 Å². The average Bonchev–Trinajstić information content (AvgIpc) is 2.57. The second-order valence-corrected chi connectivity index (χ2v) is 6.32. The minimum atomic E-state index is -1.05. The van der Waals surface area contributed by atoms with Crippen molar-refractivity contribution in [2.75, 3.05) is 4.90 Å². The smallest absolute Gasteiger partial charge is 0.293 e. The molecule has 24 heavy (non-hydrogen) atoms. The Morgan fingerprint density at radius 2 is 1.83 bits per heavy atom. The van der Waals surface area contributed by atoms with Gasteiger partial charge in [0.1, 0.15) is 0 Å². The van der Waals surface area contributed by atoms with Gasteiger partial charge in [0, 0.05) is 12.3 Å². The van der Waals surface area contributed by atoms with Gasteiger partial charge in [-0.1, -0.05) is 37.5 Å². The van der Waals surface area contributed by atoms with E-state index in [-0.39, 0.29) is 6.04 Å². The van der Waals surface area contributed by atoms with Crippen molar-refractivity contribution in [3.8, 4) is 0 Å². The van der Waals surface area contributed by atoms with Crippen LogP contribution in [0, 0.1) is 12.8 Å². The number of anilines is 1. The molecular weight excluding hydrogens is 306 g/mol. The number of imide groups is 2. The number of benzene rings is 1. The maximum atomic E-state index is 12.7. The zero-order chi connectivity index (χ0) is 17.1. The highest BCUT2D eigenvalue weighted by Gasteiger charge is 2.40. The molecule has 6 heteroatoms. The Hall–Kier alpha value is -2.50. The number of urea groups is 1. The molecule has 1 saturated carbocycles. The Morgan fingerprint density at radius 3 is 2.54 bits per heavy atom. The van der Waals surface area contributed by atoms with E-state index in [0.29, 0.717) is 5.69 Å². The molecule has 126 valence electrons. The molecule has 1 aliphatic heterocycles. The van der Waals surface area contributed by atoms with Crippen LogP contribution in [0.2, 0.25) is 0 Å². The molecule has 6 nitrogen and oxygen atoms in total. The molecule has 0 bridgehead atoms. The summed E-state index contributed by atoms with van der Waals surface area (Å²) in [7, 11) is 0. The lowest BCUT2D eigenvalue weighted by Crippen LogP contribution is -2.58. The van der Waals surface area contributed by atoms with Crippen molar-refractivity contribution in [2.24, 2.45) is 10.9 Å². The fourth-order valence-electron chi connectivity index (χ4n) is 3.20. The van der Waals surface area contributed by atoms with Gasteiger partial charge < -0.3 is 0 Å². The number of barbiturate groups is 1. The van der Waals surface area contributed by atoms with Crippen LogP contribution in [0.25, 0.3) is 0 Å². The fourth-order valence-corrected chi connectivity index (χ4v) is 3.20. The highest BCUT2D eigenvalue weighted by molar-refractivity contribution is 6.32. The second kappa shape index (κ2) is 6.95. The van der Waals surface area contributed by atoms with E-state index >= 15 is 0 Å². The summed E-state index contributed by atoms with van der Waals surface area (Å²) in [5.41, 5.74) is 1.28. The van der Waals surface area contributed by atoms with Crippen LogP contribution in [-0.2, 0) is 9.59 Å². The van der Waals surface area contributed by atoms with Crippen LogP contribution in [0.4, 0.5) is 10.5 Å². The minimum absolute atomic E-state index is 0.170. The van der Waals surface area contributed by atoms with Gasteiger partial charge in [-0.3, -0.25) is 19.9 Å². The molecule has 4 amide bonds. The van der Waals surface area contributed by atoms with E-state index in [0.717, 1.165) is 36.1 Å². The van der Waals surface area contributed by atoms with Crippen molar-refractivity contribution >= 4 is 29.7 Å². The molecule has 2 aliphatic rings. The van der Waals surface area contributed by atoms with E-state index in [9.17, 15) is 14.4 Å². The number of aliphatic imine (C=N–C) groups is 1. The van der Waals surface area contributed by atoms with Crippen molar-refractivity contribution in [1.82, 2.24) is 5.32 Å². The Balaban J connectivity index is 1.83. The first-order valence-electron chi connectivity index (χ1n) is 8.35. The van der Waals surface area contributed by atoms with Crippen molar-refractivity contribution in [3.63, 3.8) is 0 Å². The summed E-state index contributed by atoms with van der Waals surface area (Å²) in [6.45, 7) is 1.82. The third-order valence-electron chi connectivity index (χ3n) is 4.58. The summed E-state index contributed by atoms with van der Waals surface area (Å²) in [5.74, 6) is -2.20. The maximum absolute atomic E-state index is 12.7. The lowest BCUT2D eigenvalue weighted by molar-refractivity contribution is -0.131. The third kappa shape index (κ3) is 3.22. The minimum Gasteiger partial charge on any atom is -0.293 e. The summed E-state index contributed by atoms with van der Waals surface area (Å²) < 4.78 is 0. The Labute approximate surface area is 140 Å². The van der Waals surface area contributed by atoms with E-state index in [1.165, 1.54) is 12.6 Å². The fraction of sp³-hybridized carbons (Fsp3) is 0.444. The average molecular weight is 327 g/mol. The summed E-state index contributed by atoms with van der Waals surface area (Å²) in [6.07, 6.45) is 6.86. The number of nitrogens with zero attached hydrogens (tertiary/aromatic N) is 2. The van der Waals surface area contributed by atoms with E-state index in [4.69, 9.17) is 0 Å². The normalized spacial score (nSPS) is 23.0. The summed E-state index contributed by atoms with van der Waals surface area (Å²) >= 11 is 0. The SMILES string of the molecule is Cc1ccccc1N1C(=O)NC(=O)[C@@H](C=NC2CCCCC2)C1=O. The number of carbonyl (C=O) groups excluding carboxylic acids is 3. The predicted molar refractivity (Wildman–Crippen MR) is 91.1 cm³/mol. The number of para-hydroxylation sites is 1. The molecule has 1 aliphatic carbocycles. The first kappa shape index (κ1) is 16.4. The van der Waals surface area contributed by atoms with E-state index < -0.39 is 23.8 Å². The van der Waals surface area contributed by atoms with Crippen molar-refractivity contribution in [3.05, 3.63) is 29.8 Å².